The Morgan fingerprint density at radius 1 is 1.44 bits per heavy atom. The summed E-state index contributed by atoms with van der Waals surface area (Å²) >= 11 is 0. The minimum atomic E-state index is 0. The summed E-state index contributed by atoms with van der Waals surface area (Å²) in [5.74, 6) is 1.05. The zero-order valence-corrected chi connectivity index (χ0v) is 8.30. The van der Waals surface area contributed by atoms with Crippen molar-refractivity contribution in [3.8, 4) is 0 Å². The van der Waals surface area contributed by atoms with E-state index in [-0.39, 0.29) is 24.0 Å². The van der Waals surface area contributed by atoms with Crippen LogP contribution in [0.3, 0.4) is 0 Å². The summed E-state index contributed by atoms with van der Waals surface area (Å²) in [4.78, 5) is 2.08. The van der Waals surface area contributed by atoms with Gasteiger partial charge >= 0.3 is 0 Å². The summed E-state index contributed by atoms with van der Waals surface area (Å²) in [6.45, 7) is 4.76. The van der Waals surface area contributed by atoms with Crippen molar-refractivity contribution in [2.75, 3.05) is 13.8 Å². The van der Waals surface area contributed by atoms with Crippen LogP contribution in [0.4, 0.5) is 0 Å². The summed E-state index contributed by atoms with van der Waals surface area (Å²) in [6, 6.07) is 0. The monoisotopic (exact) mass is 241 g/mol. The van der Waals surface area contributed by atoms with Gasteiger partial charge in [-0.3, -0.25) is 0 Å². The van der Waals surface area contributed by atoms with Gasteiger partial charge in [-0.25, -0.2) is 0 Å². The first-order chi connectivity index (χ1) is 3.72. The van der Waals surface area contributed by atoms with E-state index in [1.54, 1.807) is 0 Å². The molecule has 0 aromatic rings. The van der Waals surface area contributed by atoms with E-state index in [1.807, 2.05) is 14.0 Å². The normalized spacial score (nSPS) is 17.4. The van der Waals surface area contributed by atoms with Crippen LogP contribution in [0, 0.1) is 0 Å². The van der Waals surface area contributed by atoms with Gasteiger partial charge in [0.2, 0.25) is 0 Å². The Kier molecular flexibility index (Phi) is 3.32. The molecule has 0 saturated carbocycles. The second-order valence-corrected chi connectivity index (χ2v) is 2.11. The molecule has 1 aliphatic heterocycles. The summed E-state index contributed by atoms with van der Waals surface area (Å²) in [7, 11) is 2.02. The number of nitrogens with zero attached hydrogens (tertiary/aromatic N) is 1. The van der Waals surface area contributed by atoms with Crippen molar-refractivity contribution in [2.24, 2.45) is 0 Å². The molecule has 0 N–H and O–H groups in total. The molecule has 9 heavy (non-hydrogen) atoms. The van der Waals surface area contributed by atoms with Crippen LogP contribution in [-0.4, -0.2) is 18.7 Å². The van der Waals surface area contributed by atoms with E-state index < -0.39 is 0 Å². The van der Waals surface area contributed by atoms with Gasteiger partial charge in [-0.1, -0.05) is 0 Å². The molecule has 0 saturated heterocycles. The highest BCUT2D eigenvalue weighted by Gasteiger charge is 2.10. The van der Waals surface area contributed by atoms with Crippen molar-refractivity contribution >= 4 is 24.0 Å². The highest BCUT2D eigenvalue weighted by molar-refractivity contribution is 14.0. The Morgan fingerprint density at radius 2 is 2.00 bits per heavy atom. The van der Waals surface area contributed by atoms with Gasteiger partial charge in [0.25, 0.3) is 0 Å². The maximum absolute atomic E-state index is 5.18. The summed E-state index contributed by atoms with van der Waals surface area (Å²) in [5, 5.41) is 0. The van der Waals surface area contributed by atoms with Crippen LogP contribution in [-0.2, 0) is 4.74 Å². The number of allylic oxidation sites excluding steroid dienone is 2. The number of hydrogen-bond donors (Lipinski definition) is 0. The third-order valence-electron chi connectivity index (χ3n) is 1.56. The Morgan fingerprint density at radius 3 is 2.11 bits per heavy atom. The van der Waals surface area contributed by atoms with E-state index in [2.05, 4.69) is 11.8 Å². The van der Waals surface area contributed by atoms with Crippen LogP contribution in [0.2, 0.25) is 0 Å². The standard InChI is InChI=1S/C6H11NO.HI/c1-5-6(2)8-4-7(5)3;/h4H2,1-3H3;1H. The minimum absolute atomic E-state index is 0. The second kappa shape index (κ2) is 3.29. The average Bonchev–Trinajstić information content (AvgIpc) is 1.98. The van der Waals surface area contributed by atoms with Gasteiger partial charge in [0.15, 0.2) is 6.73 Å². The van der Waals surface area contributed by atoms with Crippen molar-refractivity contribution in [1.82, 2.24) is 4.90 Å². The molecule has 3 heteroatoms. The zero-order valence-electron chi connectivity index (χ0n) is 5.97. The zero-order chi connectivity index (χ0) is 6.15. The van der Waals surface area contributed by atoms with E-state index in [0.29, 0.717) is 0 Å². The van der Waals surface area contributed by atoms with E-state index in [9.17, 15) is 0 Å². The molecule has 0 spiro atoms. The molecule has 0 unspecified atom stereocenters. The SMILES string of the molecule is CC1=C(C)N(C)CO1.I. The van der Waals surface area contributed by atoms with Gasteiger partial charge in [-0.2, -0.15) is 0 Å². The number of rotatable bonds is 0. The second-order valence-electron chi connectivity index (χ2n) is 2.11. The molecule has 0 aliphatic carbocycles. The molecule has 0 amide bonds. The predicted octanol–water partition coefficient (Wildman–Crippen LogP) is 1.78. The van der Waals surface area contributed by atoms with Crippen molar-refractivity contribution in [1.29, 1.82) is 0 Å². The number of ether oxygens (including phenoxy) is 1. The number of hydrogen-bond acceptors (Lipinski definition) is 2. The molecule has 0 aromatic carbocycles. The molecule has 1 rings (SSSR count). The summed E-state index contributed by atoms with van der Waals surface area (Å²) in [6.07, 6.45) is 0. The molecule has 0 fully saturated rings. The first-order valence-electron chi connectivity index (χ1n) is 2.73. The van der Waals surface area contributed by atoms with Crippen LogP contribution >= 0.6 is 24.0 Å². The lowest BCUT2D eigenvalue weighted by Gasteiger charge is -2.07. The van der Waals surface area contributed by atoms with Gasteiger partial charge < -0.3 is 9.64 Å². The third-order valence-corrected chi connectivity index (χ3v) is 1.56. The van der Waals surface area contributed by atoms with Crippen LogP contribution in [0.1, 0.15) is 13.8 Å². The molecular weight excluding hydrogens is 229 g/mol. The van der Waals surface area contributed by atoms with Crippen LogP contribution in [0.15, 0.2) is 11.5 Å². The van der Waals surface area contributed by atoms with Crippen molar-refractivity contribution in [3.63, 3.8) is 0 Å². The molecule has 1 heterocycles. The molecule has 54 valence electrons. The van der Waals surface area contributed by atoms with Gasteiger partial charge in [0, 0.05) is 7.05 Å². The predicted molar refractivity (Wildman–Crippen MR) is 47.5 cm³/mol. The smallest absolute Gasteiger partial charge is 0.160 e. The molecule has 0 radical (unpaired) electrons. The fourth-order valence-electron chi connectivity index (χ4n) is 0.664. The fourth-order valence-corrected chi connectivity index (χ4v) is 0.664. The van der Waals surface area contributed by atoms with E-state index >= 15 is 0 Å². The first-order valence-corrected chi connectivity index (χ1v) is 2.73. The summed E-state index contributed by atoms with van der Waals surface area (Å²) < 4.78 is 5.18. The minimum Gasteiger partial charge on any atom is -0.476 e. The van der Waals surface area contributed by atoms with Crippen molar-refractivity contribution in [2.45, 2.75) is 13.8 Å². The van der Waals surface area contributed by atoms with Gasteiger partial charge in [-0.05, 0) is 13.8 Å². The molecule has 0 aromatic heterocycles. The molecule has 2 nitrogen and oxygen atoms in total. The first kappa shape index (κ1) is 9.07. The molecule has 0 bridgehead atoms. The van der Waals surface area contributed by atoms with Gasteiger partial charge in [0.1, 0.15) is 5.76 Å². The van der Waals surface area contributed by atoms with Crippen molar-refractivity contribution < 1.29 is 4.74 Å². The van der Waals surface area contributed by atoms with Gasteiger partial charge in [-0.15, -0.1) is 24.0 Å². The van der Waals surface area contributed by atoms with Crippen LogP contribution < -0.4 is 0 Å². The lowest BCUT2D eigenvalue weighted by molar-refractivity contribution is 0.168. The quantitative estimate of drug-likeness (QED) is 0.599. The average molecular weight is 241 g/mol. The van der Waals surface area contributed by atoms with Gasteiger partial charge in [0.05, 0.1) is 5.70 Å². The fraction of sp³-hybridized carbons (Fsp3) is 0.667. The Hall–Kier alpha value is 0.0700. The van der Waals surface area contributed by atoms with Crippen LogP contribution in [0.5, 0.6) is 0 Å². The molecule has 1 aliphatic rings. The van der Waals surface area contributed by atoms with E-state index in [0.717, 1.165) is 12.5 Å². The largest absolute Gasteiger partial charge is 0.476 e. The maximum Gasteiger partial charge on any atom is 0.160 e. The number of halogens is 1. The van der Waals surface area contributed by atoms with E-state index in [1.165, 1.54) is 5.70 Å². The Balaban J connectivity index is 0.000000640. The maximum atomic E-state index is 5.18. The molecular formula is C6H12INO. The van der Waals surface area contributed by atoms with Crippen LogP contribution in [0.25, 0.3) is 0 Å². The highest BCUT2D eigenvalue weighted by atomic mass is 127. The topological polar surface area (TPSA) is 12.5 Å². The third kappa shape index (κ3) is 1.74. The Bertz CT molecular complexity index is 133. The lowest BCUT2D eigenvalue weighted by Crippen LogP contribution is -2.10. The lowest BCUT2D eigenvalue weighted by atomic mass is 10.4. The van der Waals surface area contributed by atoms with Crippen molar-refractivity contribution in [3.05, 3.63) is 11.5 Å². The van der Waals surface area contributed by atoms with E-state index in [4.69, 9.17) is 4.74 Å². The molecule has 0 atom stereocenters. The Labute approximate surface area is 72.9 Å². The summed E-state index contributed by atoms with van der Waals surface area (Å²) in [5.41, 5.74) is 1.24. The highest BCUT2D eigenvalue weighted by Crippen LogP contribution is 2.15.